The molecule has 2 heteroatoms. The molecule has 0 aromatic heterocycles. The van der Waals surface area contributed by atoms with E-state index >= 15 is 0 Å². The molecule has 1 aliphatic rings. The highest BCUT2D eigenvalue weighted by Gasteiger charge is 2.40. The summed E-state index contributed by atoms with van der Waals surface area (Å²) in [5.74, 6) is 3.63. The van der Waals surface area contributed by atoms with Gasteiger partial charge in [-0.2, -0.15) is 0 Å². The zero-order valence-corrected chi connectivity index (χ0v) is 20.3. The molecule has 1 nitrogen and oxygen atoms in total. The smallest absolute Gasteiger partial charge is 0.140 e. The zero-order chi connectivity index (χ0) is 20.0. The first-order chi connectivity index (χ1) is 13.0. The van der Waals surface area contributed by atoms with Crippen LogP contribution in [0.5, 0.6) is 0 Å². The summed E-state index contributed by atoms with van der Waals surface area (Å²) in [6.07, 6.45) is 28.6. The highest BCUT2D eigenvalue weighted by atomic mass is 127. The monoisotopic (exact) mass is 484 g/mol. The first kappa shape index (κ1) is 24.8. The maximum atomic E-state index is 5.90. The molecule has 0 saturated heterocycles. The summed E-state index contributed by atoms with van der Waals surface area (Å²) in [5, 5.41) is 0. The molecule has 154 valence electrons. The molecule has 0 amide bonds. The van der Waals surface area contributed by atoms with Crippen molar-refractivity contribution < 1.29 is 4.48 Å². The normalized spacial score (nSPS) is 22.1. The molecular formula is C25H43IN+. The molecule has 1 aliphatic carbocycles. The quantitative estimate of drug-likeness (QED) is 0.0752. The van der Waals surface area contributed by atoms with Crippen molar-refractivity contribution in [2.75, 3.05) is 26.2 Å². The molecule has 0 N–H and O–H groups in total. The lowest BCUT2D eigenvalue weighted by atomic mass is 9.88. The van der Waals surface area contributed by atoms with Crippen LogP contribution in [0.3, 0.4) is 0 Å². The molecule has 0 saturated carbocycles. The van der Waals surface area contributed by atoms with Crippen LogP contribution in [0.1, 0.15) is 85.0 Å². The molecule has 0 heterocycles. The molecular weight excluding hydrogens is 441 g/mol. The van der Waals surface area contributed by atoms with E-state index < -0.39 is 0 Å². The zero-order valence-electron chi connectivity index (χ0n) is 18.2. The van der Waals surface area contributed by atoms with Crippen LogP contribution in [0.2, 0.25) is 0 Å². The number of halogens is 1. The summed E-state index contributed by atoms with van der Waals surface area (Å²) in [7, 11) is 0. The van der Waals surface area contributed by atoms with Gasteiger partial charge in [-0.15, -0.1) is 6.42 Å². The van der Waals surface area contributed by atoms with Gasteiger partial charge in [0.05, 0.1) is 23.1 Å². The number of quaternary nitrogens is 1. The highest BCUT2D eigenvalue weighted by molar-refractivity contribution is 14.1. The van der Waals surface area contributed by atoms with E-state index in [-0.39, 0.29) is 3.42 Å². The fraction of sp³-hybridized carbons (Fsp3) is 0.760. The predicted octanol–water partition coefficient (Wildman–Crippen LogP) is 7.31. The van der Waals surface area contributed by atoms with Crippen molar-refractivity contribution in [1.82, 2.24) is 0 Å². The third-order valence-corrected chi connectivity index (χ3v) is 7.80. The van der Waals surface area contributed by atoms with E-state index in [4.69, 9.17) is 6.42 Å². The minimum Gasteiger partial charge on any atom is -0.312 e. The molecule has 2 unspecified atom stereocenters. The van der Waals surface area contributed by atoms with Gasteiger partial charge in [0.25, 0.3) is 0 Å². The topological polar surface area (TPSA) is 0 Å². The van der Waals surface area contributed by atoms with Gasteiger partial charge in [0.1, 0.15) is 6.54 Å². The van der Waals surface area contributed by atoms with Crippen molar-refractivity contribution in [3.63, 3.8) is 0 Å². The number of nitrogens with zero attached hydrogens (tertiary/aromatic N) is 1. The van der Waals surface area contributed by atoms with Gasteiger partial charge in [0, 0.05) is 0 Å². The van der Waals surface area contributed by atoms with Crippen molar-refractivity contribution in [3.8, 4) is 12.3 Å². The van der Waals surface area contributed by atoms with Crippen LogP contribution >= 0.6 is 22.6 Å². The Morgan fingerprint density at radius 1 is 0.926 bits per heavy atom. The Hall–Kier alpha value is -0.270. The molecule has 0 bridgehead atoms. The summed E-state index contributed by atoms with van der Waals surface area (Å²) in [4.78, 5) is 0. The summed E-state index contributed by atoms with van der Waals surface area (Å²) < 4.78 is 1.30. The Labute approximate surface area is 183 Å². The van der Waals surface area contributed by atoms with E-state index in [9.17, 15) is 0 Å². The fourth-order valence-electron chi connectivity index (χ4n) is 4.25. The van der Waals surface area contributed by atoms with Crippen LogP contribution in [0.25, 0.3) is 0 Å². The first-order valence-electron chi connectivity index (χ1n) is 11.4. The van der Waals surface area contributed by atoms with E-state index in [2.05, 4.69) is 73.6 Å². The van der Waals surface area contributed by atoms with Crippen molar-refractivity contribution in [1.29, 1.82) is 0 Å². The SMILES string of the molecule is C#CC[N+](CCCCCCC)(CCCCCCC)CC1(I)C=CC=CC1C. The molecule has 0 aliphatic heterocycles. The van der Waals surface area contributed by atoms with Crippen molar-refractivity contribution in [2.24, 2.45) is 5.92 Å². The second-order valence-corrected chi connectivity index (χ2v) is 10.6. The third-order valence-electron chi connectivity index (χ3n) is 6.12. The van der Waals surface area contributed by atoms with Gasteiger partial charge in [0.15, 0.2) is 0 Å². The van der Waals surface area contributed by atoms with E-state index in [0.29, 0.717) is 5.92 Å². The van der Waals surface area contributed by atoms with Gasteiger partial charge < -0.3 is 4.48 Å². The summed E-state index contributed by atoms with van der Waals surface area (Å²) in [6, 6.07) is 0. The lowest BCUT2D eigenvalue weighted by Crippen LogP contribution is -2.57. The Balaban J connectivity index is 2.80. The number of terminal acetylenes is 1. The van der Waals surface area contributed by atoms with Gasteiger partial charge in [0.2, 0.25) is 0 Å². The average molecular weight is 485 g/mol. The Morgan fingerprint density at radius 2 is 1.48 bits per heavy atom. The molecule has 1 rings (SSSR count). The number of rotatable bonds is 15. The van der Waals surface area contributed by atoms with Crippen molar-refractivity contribution in [2.45, 2.75) is 88.4 Å². The Kier molecular flexibility index (Phi) is 12.7. The van der Waals surface area contributed by atoms with Gasteiger partial charge >= 0.3 is 0 Å². The van der Waals surface area contributed by atoms with E-state index in [0.717, 1.165) is 11.0 Å². The van der Waals surface area contributed by atoms with Crippen LogP contribution in [0.15, 0.2) is 24.3 Å². The fourth-order valence-corrected chi connectivity index (χ4v) is 5.39. The summed E-state index contributed by atoms with van der Waals surface area (Å²) in [5.41, 5.74) is 0. The number of unbranched alkanes of at least 4 members (excludes halogenated alkanes) is 8. The lowest BCUT2D eigenvalue weighted by molar-refractivity contribution is -0.923. The maximum absolute atomic E-state index is 5.90. The minimum atomic E-state index is 0.191. The van der Waals surface area contributed by atoms with Crippen LogP contribution in [0, 0.1) is 18.3 Å². The first-order valence-corrected chi connectivity index (χ1v) is 12.4. The van der Waals surface area contributed by atoms with Crippen molar-refractivity contribution >= 4 is 22.6 Å². The van der Waals surface area contributed by atoms with E-state index in [1.54, 1.807) is 0 Å². The van der Waals surface area contributed by atoms with Gasteiger partial charge in [-0.25, -0.2) is 0 Å². The van der Waals surface area contributed by atoms with Crippen LogP contribution < -0.4 is 0 Å². The molecule has 27 heavy (non-hydrogen) atoms. The minimum absolute atomic E-state index is 0.191. The largest absolute Gasteiger partial charge is 0.312 e. The maximum Gasteiger partial charge on any atom is 0.140 e. The Bertz CT molecular complexity index is 473. The lowest BCUT2D eigenvalue weighted by Gasteiger charge is -2.44. The number of hydrogen-bond acceptors (Lipinski definition) is 0. The molecule has 0 radical (unpaired) electrons. The van der Waals surface area contributed by atoms with Crippen LogP contribution in [-0.2, 0) is 0 Å². The van der Waals surface area contributed by atoms with Crippen LogP contribution in [-0.4, -0.2) is 34.1 Å². The van der Waals surface area contributed by atoms with E-state index in [1.165, 1.54) is 83.8 Å². The van der Waals surface area contributed by atoms with Gasteiger partial charge in [-0.05, 0) is 37.5 Å². The van der Waals surface area contributed by atoms with Crippen LogP contribution in [0.4, 0.5) is 0 Å². The number of alkyl halides is 1. The third kappa shape index (κ3) is 9.18. The summed E-state index contributed by atoms with van der Waals surface area (Å²) in [6.45, 7) is 11.5. The van der Waals surface area contributed by atoms with E-state index in [1.807, 2.05) is 0 Å². The molecule has 0 fully saturated rings. The van der Waals surface area contributed by atoms with Gasteiger partial charge in [-0.1, -0.05) is 106 Å². The standard InChI is InChI=1S/C25H43IN/c1-5-8-10-12-16-21-27(20-7-3,22-17-13-11-9-6-2)23-25(26)19-15-14-18-24(25)4/h3,14-15,18-19,24H,5-6,8-13,16-17,20-23H2,1-2,4H3/q+1. The molecule has 0 spiro atoms. The second kappa shape index (κ2) is 13.8. The second-order valence-electron chi connectivity index (χ2n) is 8.60. The van der Waals surface area contributed by atoms with Gasteiger partial charge in [-0.3, -0.25) is 0 Å². The average Bonchev–Trinajstić information content (AvgIpc) is 2.64. The molecule has 0 aromatic carbocycles. The molecule has 2 atom stereocenters. The predicted molar refractivity (Wildman–Crippen MR) is 130 cm³/mol. The highest BCUT2D eigenvalue weighted by Crippen LogP contribution is 2.37. The molecule has 0 aromatic rings. The summed E-state index contributed by atoms with van der Waals surface area (Å²) >= 11 is 2.71. The number of allylic oxidation sites excluding steroid dienone is 3. The Morgan fingerprint density at radius 3 is 1.96 bits per heavy atom. The number of hydrogen-bond donors (Lipinski definition) is 0. The van der Waals surface area contributed by atoms with Crippen molar-refractivity contribution in [3.05, 3.63) is 24.3 Å².